The van der Waals surface area contributed by atoms with Crippen LogP contribution in [-0.4, -0.2) is 38.3 Å². The number of ether oxygens (including phenoxy) is 1. The van der Waals surface area contributed by atoms with Crippen LogP contribution in [0.25, 0.3) is 0 Å². The predicted molar refractivity (Wildman–Crippen MR) is 78.4 cm³/mol. The minimum Gasteiger partial charge on any atom is -0.379 e. The minimum atomic E-state index is 0.794. The van der Waals surface area contributed by atoms with Crippen LogP contribution in [0, 0.1) is 5.92 Å². The molecule has 1 heterocycles. The lowest BCUT2D eigenvalue weighted by Gasteiger charge is -2.22. The van der Waals surface area contributed by atoms with Gasteiger partial charge in [-0.15, -0.1) is 0 Å². The van der Waals surface area contributed by atoms with Crippen LogP contribution in [0.1, 0.15) is 25.3 Å². The van der Waals surface area contributed by atoms with Crippen LogP contribution in [0.2, 0.25) is 0 Å². The smallest absolute Gasteiger partial charge is 0.0641 e. The number of likely N-dealkylation sites (N-methyl/N-ethyl adjacent to an activating group) is 1. The number of pyridine rings is 1. The van der Waals surface area contributed by atoms with Crippen molar-refractivity contribution in [1.82, 2.24) is 10.3 Å². The number of rotatable bonds is 9. The molecule has 0 atom stereocenters. The maximum absolute atomic E-state index is 5.69. The number of hydrogen-bond donors (Lipinski definition) is 1. The highest BCUT2D eigenvalue weighted by Gasteiger charge is 2.21. The summed E-state index contributed by atoms with van der Waals surface area (Å²) in [5.74, 6) is 0.841. The average molecular weight is 263 g/mol. The summed E-state index contributed by atoms with van der Waals surface area (Å²) in [6, 6.07) is 2.08. The second-order valence-corrected chi connectivity index (χ2v) is 5.22. The van der Waals surface area contributed by atoms with Crippen molar-refractivity contribution in [3.63, 3.8) is 0 Å². The molecule has 0 aromatic carbocycles. The first kappa shape index (κ1) is 14.3. The third-order valence-electron chi connectivity index (χ3n) is 3.49. The van der Waals surface area contributed by atoms with E-state index in [1.165, 1.54) is 24.1 Å². The Hall–Kier alpha value is -1.13. The molecule has 0 amide bonds. The molecule has 0 bridgehead atoms. The maximum atomic E-state index is 5.69. The molecular weight excluding hydrogens is 238 g/mol. The monoisotopic (exact) mass is 263 g/mol. The molecule has 2 rings (SSSR count). The molecule has 0 saturated heterocycles. The Bertz CT molecular complexity index is 379. The van der Waals surface area contributed by atoms with E-state index >= 15 is 0 Å². The molecule has 106 valence electrons. The summed E-state index contributed by atoms with van der Waals surface area (Å²) < 4.78 is 5.69. The highest BCUT2D eigenvalue weighted by molar-refractivity contribution is 5.50. The molecule has 1 N–H and O–H groups in total. The minimum absolute atomic E-state index is 0.794. The first-order valence-corrected chi connectivity index (χ1v) is 7.23. The Balaban J connectivity index is 1.80. The van der Waals surface area contributed by atoms with E-state index in [2.05, 4.69) is 35.2 Å². The van der Waals surface area contributed by atoms with Crippen LogP contribution in [0.15, 0.2) is 18.5 Å². The number of hydrogen-bond acceptors (Lipinski definition) is 4. The molecule has 0 unspecified atom stereocenters. The van der Waals surface area contributed by atoms with Crippen molar-refractivity contribution in [3.05, 3.63) is 24.0 Å². The van der Waals surface area contributed by atoms with Crippen LogP contribution in [0.5, 0.6) is 0 Å². The third-order valence-corrected chi connectivity index (χ3v) is 3.49. The molecule has 1 aliphatic carbocycles. The van der Waals surface area contributed by atoms with Gasteiger partial charge >= 0.3 is 0 Å². The fraction of sp³-hybridized carbons (Fsp3) is 0.667. The first-order chi connectivity index (χ1) is 9.31. The van der Waals surface area contributed by atoms with Gasteiger partial charge in [-0.3, -0.25) is 4.98 Å². The molecule has 0 spiro atoms. The van der Waals surface area contributed by atoms with Crippen molar-refractivity contribution >= 4 is 5.69 Å². The van der Waals surface area contributed by atoms with Gasteiger partial charge in [-0.05, 0) is 36.9 Å². The van der Waals surface area contributed by atoms with Gasteiger partial charge in [0.25, 0.3) is 0 Å². The zero-order valence-corrected chi connectivity index (χ0v) is 12.1. The van der Waals surface area contributed by atoms with Crippen molar-refractivity contribution in [2.45, 2.75) is 26.3 Å². The van der Waals surface area contributed by atoms with Crippen LogP contribution >= 0.6 is 0 Å². The van der Waals surface area contributed by atoms with Gasteiger partial charge in [-0.2, -0.15) is 0 Å². The zero-order chi connectivity index (χ0) is 13.5. The second kappa shape index (κ2) is 7.46. The predicted octanol–water partition coefficient (Wildman–Crippen LogP) is 2.05. The molecular formula is C15H25N3O. The molecule has 1 aromatic heterocycles. The van der Waals surface area contributed by atoms with E-state index in [1.807, 2.05) is 12.4 Å². The summed E-state index contributed by atoms with van der Waals surface area (Å²) in [5, 5.41) is 3.36. The van der Waals surface area contributed by atoms with Crippen LogP contribution in [-0.2, 0) is 11.3 Å². The Labute approximate surface area is 116 Å². The summed E-state index contributed by atoms with van der Waals surface area (Å²) in [7, 11) is 2.10. The van der Waals surface area contributed by atoms with Gasteiger partial charge in [0.2, 0.25) is 0 Å². The molecule has 4 nitrogen and oxygen atoms in total. The maximum Gasteiger partial charge on any atom is 0.0641 e. The van der Waals surface area contributed by atoms with E-state index in [9.17, 15) is 0 Å². The van der Waals surface area contributed by atoms with Gasteiger partial charge in [0.05, 0.1) is 18.5 Å². The van der Waals surface area contributed by atoms with Crippen molar-refractivity contribution in [3.8, 4) is 0 Å². The lowest BCUT2D eigenvalue weighted by atomic mass is 10.2. The fourth-order valence-corrected chi connectivity index (χ4v) is 2.02. The SMILES string of the molecule is CCNCc1ccncc1N(C)CCOCC1CC1. The molecule has 1 saturated carbocycles. The molecule has 4 heteroatoms. The van der Waals surface area contributed by atoms with Crippen molar-refractivity contribution < 1.29 is 4.74 Å². The van der Waals surface area contributed by atoms with Crippen LogP contribution in [0.3, 0.4) is 0 Å². The lowest BCUT2D eigenvalue weighted by molar-refractivity contribution is 0.131. The Kier molecular flexibility index (Phi) is 5.61. The quantitative estimate of drug-likeness (QED) is 0.692. The van der Waals surface area contributed by atoms with E-state index in [4.69, 9.17) is 4.74 Å². The van der Waals surface area contributed by atoms with Crippen molar-refractivity contribution in [2.75, 3.05) is 38.3 Å². The van der Waals surface area contributed by atoms with E-state index in [-0.39, 0.29) is 0 Å². The molecule has 0 radical (unpaired) electrons. The van der Waals surface area contributed by atoms with E-state index in [1.54, 1.807) is 0 Å². The fourth-order valence-electron chi connectivity index (χ4n) is 2.02. The van der Waals surface area contributed by atoms with Crippen molar-refractivity contribution in [1.29, 1.82) is 0 Å². The summed E-state index contributed by atoms with van der Waals surface area (Å²) in [4.78, 5) is 6.46. The number of anilines is 1. The number of aromatic nitrogens is 1. The summed E-state index contributed by atoms with van der Waals surface area (Å²) in [6.45, 7) is 6.64. The largest absolute Gasteiger partial charge is 0.379 e. The molecule has 1 aromatic rings. The summed E-state index contributed by atoms with van der Waals surface area (Å²) in [6.07, 6.45) is 6.50. The van der Waals surface area contributed by atoms with Gasteiger partial charge in [-0.25, -0.2) is 0 Å². The molecule has 19 heavy (non-hydrogen) atoms. The highest BCUT2D eigenvalue weighted by Crippen LogP contribution is 2.28. The zero-order valence-electron chi connectivity index (χ0n) is 12.1. The normalized spacial score (nSPS) is 14.6. The Morgan fingerprint density at radius 3 is 3.05 bits per heavy atom. The van der Waals surface area contributed by atoms with E-state index < -0.39 is 0 Å². The lowest BCUT2D eigenvalue weighted by Crippen LogP contribution is -2.25. The molecule has 0 aliphatic heterocycles. The summed E-state index contributed by atoms with van der Waals surface area (Å²) >= 11 is 0. The van der Waals surface area contributed by atoms with Crippen LogP contribution < -0.4 is 10.2 Å². The van der Waals surface area contributed by atoms with Gasteiger partial charge in [0.1, 0.15) is 0 Å². The van der Waals surface area contributed by atoms with Crippen molar-refractivity contribution in [2.24, 2.45) is 5.92 Å². The van der Waals surface area contributed by atoms with E-state index in [0.29, 0.717) is 0 Å². The standard InChI is InChI=1S/C15H25N3O/c1-3-16-10-14-6-7-17-11-15(14)18(2)8-9-19-12-13-4-5-13/h6-7,11,13,16H,3-5,8-10,12H2,1-2H3. The van der Waals surface area contributed by atoms with Gasteiger partial charge in [0.15, 0.2) is 0 Å². The highest BCUT2D eigenvalue weighted by atomic mass is 16.5. The second-order valence-electron chi connectivity index (χ2n) is 5.22. The third kappa shape index (κ3) is 4.80. The van der Waals surface area contributed by atoms with Gasteiger partial charge in [0, 0.05) is 32.9 Å². The average Bonchev–Trinajstić information content (AvgIpc) is 3.25. The van der Waals surface area contributed by atoms with Gasteiger partial charge in [-0.1, -0.05) is 6.92 Å². The van der Waals surface area contributed by atoms with E-state index in [0.717, 1.165) is 38.8 Å². The van der Waals surface area contributed by atoms with Gasteiger partial charge < -0.3 is 15.0 Å². The first-order valence-electron chi connectivity index (χ1n) is 7.23. The summed E-state index contributed by atoms with van der Waals surface area (Å²) in [5.41, 5.74) is 2.49. The number of nitrogens with one attached hydrogen (secondary N) is 1. The Morgan fingerprint density at radius 1 is 1.47 bits per heavy atom. The van der Waals surface area contributed by atoms with Crippen LogP contribution in [0.4, 0.5) is 5.69 Å². The molecule has 1 fully saturated rings. The topological polar surface area (TPSA) is 37.4 Å². The molecule has 1 aliphatic rings. The number of nitrogens with zero attached hydrogens (tertiary/aromatic N) is 2. The Morgan fingerprint density at radius 2 is 2.32 bits per heavy atom.